The number of carbonyl (C=O) groups excluding carboxylic acids is 2. The van der Waals surface area contributed by atoms with Gasteiger partial charge in [0.1, 0.15) is 11.7 Å². The molecule has 1 N–H and O–H groups in total. The van der Waals surface area contributed by atoms with Gasteiger partial charge in [0.25, 0.3) is 0 Å². The van der Waals surface area contributed by atoms with Gasteiger partial charge in [0.05, 0.1) is 9.13 Å². The molecule has 8 heteroatoms. The number of aromatic hydroxyl groups is 1. The molecule has 0 aromatic heterocycles. The lowest BCUT2D eigenvalue weighted by atomic mass is 9.47. The minimum Gasteiger partial charge on any atom is -0.544 e. The van der Waals surface area contributed by atoms with Crippen LogP contribution in [0.25, 0.3) is 0 Å². The van der Waals surface area contributed by atoms with E-state index >= 15 is 0 Å². The van der Waals surface area contributed by atoms with Crippen LogP contribution < -0.4 is 5.11 Å². The van der Waals surface area contributed by atoms with Gasteiger partial charge in [-0.25, -0.2) is 4.79 Å². The van der Waals surface area contributed by atoms with E-state index in [-0.39, 0.29) is 29.1 Å². The highest BCUT2D eigenvalue weighted by atomic mass is 127. The van der Waals surface area contributed by atoms with Crippen molar-refractivity contribution in [1.82, 2.24) is 0 Å². The van der Waals surface area contributed by atoms with Crippen molar-refractivity contribution in [2.75, 3.05) is 0 Å². The van der Waals surface area contributed by atoms with E-state index in [1.807, 2.05) is 22.6 Å². The second-order valence-electron chi connectivity index (χ2n) is 8.64. The van der Waals surface area contributed by atoms with E-state index in [0.717, 1.165) is 25.3 Å². The van der Waals surface area contributed by atoms with E-state index in [4.69, 9.17) is 4.74 Å². The number of alkyl halides is 2. The van der Waals surface area contributed by atoms with Gasteiger partial charge in [-0.2, -0.15) is 8.78 Å². The number of esters is 1. The number of hydrogen-bond acceptors (Lipinski definition) is 5. The van der Waals surface area contributed by atoms with Crippen LogP contribution in [0.15, 0.2) is 18.2 Å². The van der Waals surface area contributed by atoms with E-state index < -0.39 is 29.4 Å². The third-order valence-electron chi connectivity index (χ3n) is 6.65. The minimum atomic E-state index is -4.29. The zero-order valence-electron chi connectivity index (χ0n) is 15.0. The van der Waals surface area contributed by atoms with E-state index in [2.05, 4.69) is 0 Å². The summed E-state index contributed by atoms with van der Waals surface area (Å²) in [4.78, 5) is 23.9. The van der Waals surface area contributed by atoms with Gasteiger partial charge in [0.2, 0.25) is 0 Å². The van der Waals surface area contributed by atoms with Crippen molar-refractivity contribution in [3.05, 3.63) is 27.3 Å². The summed E-state index contributed by atoms with van der Waals surface area (Å²) in [5.74, 6) is -7.23. The molecule has 4 fully saturated rings. The summed E-state index contributed by atoms with van der Waals surface area (Å²) in [6, 6.07) is 3.96. The lowest BCUT2D eigenvalue weighted by Gasteiger charge is -2.59. The van der Waals surface area contributed by atoms with Crippen LogP contribution in [0.2, 0.25) is 0 Å². The molecule has 4 bridgehead atoms. The normalized spacial score (nSPS) is 32.2. The highest BCUT2D eigenvalue weighted by Gasteiger charge is 2.62. The fourth-order valence-electron chi connectivity index (χ4n) is 6.00. The van der Waals surface area contributed by atoms with Crippen LogP contribution in [0.1, 0.15) is 48.9 Å². The quantitative estimate of drug-likeness (QED) is 0.491. The first-order chi connectivity index (χ1) is 13.1. The van der Waals surface area contributed by atoms with E-state index in [0.29, 0.717) is 22.8 Å². The molecule has 4 aliphatic rings. The molecular weight excluding hydrogens is 485 g/mol. The van der Waals surface area contributed by atoms with Gasteiger partial charge in [-0.15, -0.1) is 0 Å². The molecule has 5 rings (SSSR count). The Morgan fingerprint density at radius 1 is 1.18 bits per heavy atom. The Balaban J connectivity index is 1.68. The first-order valence-corrected chi connectivity index (χ1v) is 10.5. The number of carboxylic acids is 1. The Bertz CT molecular complexity index is 790. The van der Waals surface area contributed by atoms with Gasteiger partial charge >= 0.3 is 11.9 Å². The maximum absolute atomic E-state index is 14.7. The van der Waals surface area contributed by atoms with Crippen LogP contribution >= 0.6 is 22.6 Å². The number of halogens is 3. The van der Waals surface area contributed by atoms with Crippen LogP contribution in [-0.4, -0.2) is 29.1 Å². The van der Waals surface area contributed by atoms with Gasteiger partial charge in [-0.05, 0) is 97.1 Å². The average molecular weight is 505 g/mol. The number of carbonyl (C=O) groups is 2. The molecule has 28 heavy (non-hydrogen) atoms. The lowest BCUT2D eigenvalue weighted by Crippen LogP contribution is -2.62. The summed E-state index contributed by atoms with van der Waals surface area (Å²) in [5, 5.41) is 21.1. The van der Waals surface area contributed by atoms with Crippen molar-refractivity contribution in [1.29, 1.82) is 0 Å². The fourth-order valence-corrected chi connectivity index (χ4v) is 6.34. The summed E-state index contributed by atoms with van der Waals surface area (Å²) >= 11 is 1.86. The van der Waals surface area contributed by atoms with Gasteiger partial charge < -0.3 is 19.7 Å². The largest absolute Gasteiger partial charge is 0.544 e. The van der Waals surface area contributed by atoms with E-state index in [1.54, 1.807) is 0 Å². The molecule has 152 valence electrons. The average Bonchev–Trinajstić information content (AvgIpc) is 2.60. The van der Waals surface area contributed by atoms with Crippen molar-refractivity contribution in [3.8, 4) is 5.75 Å². The van der Waals surface area contributed by atoms with Crippen LogP contribution in [-0.2, 0) is 9.53 Å². The number of carboxylic acid groups (broad SMARTS) is 1. The summed E-state index contributed by atoms with van der Waals surface area (Å²) < 4.78 is 35.2. The summed E-state index contributed by atoms with van der Waals surface area (Å²) in [5.41, 5.74) is -1.14. The standard InChI is InChI=1S/C20H21F2IO5/c21-20(22,18(26)27)17(28-16(25)13-1-2-14(23)15(24)6-13)19-7-10-3-11(8-19)5-12(4-10)9-19/h1-2,6,10-12,17,24H,3-5,7-9H2,(H,26,27)/p-1. The molecule has 0 heterocycles. The molecule has 1 unspecified atom stereocenters. The second kappa shape index (κ2) is 6.81. The Morgan fingerprint density at radius 2 is 1.71 bits per heavy atom. The second-order valence-corrected chi connectivity index (χ2v) is 9.80. The Morgan fingerprint density at radius 3 is 2.18 bits per heavy atom. The first-order valence-electron chi connectivity index (χ1n) is 9.39. The predicted octanol–water partition coefficient (Wildman–Crippen LogP) is 3.12. The Labute approximate surface area is 174 Å². The van der Waals surface area contributed by atoms with Crippen molar-refractivity contribution in [2.24, 2.45) is 23.2 Å². The van der Waals surface area contributed by atoms with Crippen LogP contribution in [0.3, 0.4) is 0 Å². The summed E-state index contributed by atoms with van der Waals surface area (Å²) in [7, 11) is 0. The molecular formula is C20H20F2IO5-. The summed E-state index contributed by atoms with van der Waals surface area (Å²) in [6.07, 6.45) is 2.17. The van der Waals surface area contributed by atoms with Crippen LogP contribution in [0.4, 0.5) is 8.78 Å². The summed E-state index contributed by atoms with van der Waals surface area (Å²) in [6.45, 7) is 0. The molecule has 1 aromatic carbocycles. The van der Waals surface area contributed by atoms with Gasteiger partial charge in [0.15, 0.2) is 6.10 Å². The van der Waals surface area contributed by atoms with Gasteiger partial charge in [-0.1, -0.05) is 0 Å². The number of rotatable bonds is 5. The zero-order chi connectivity index (χ0) is 20.3. The third kappa shape index (κ3) is 3.27. The maximum Gasteiger partial charge on any atom is 0.338 e. The van der Waals surface area contributed by atoms with Crippen LogP contribution in [0, 0.1) is 26.7 Å². The molecule has 0 saturated heterocycles. The van der Waals surface area contributed by atoms with Gasteiger partial charge in [0, 0.05) is 5.41 Å². The number of aliphatic carboxylic acids is 1. The molecule has 0 radical (unpaired) electrons. The minimum absolute atomic E-state index is 0.0956. The van der Waals surface area contributed by atoms with E-state index in [9.17, 15) is 28.6 Å². The SMILES string of the molecule is O=C(OC(C12CC3CC(CC(C3)C1)C2)C(F)(F)C(=O)[O-])c1ccc(I)c(O)c1. The van der Waals surface area contributed by atoms with Crippen molar-refractivity contribution in [2.45, 2.75) is 50.6 Å². The molecule has 5 nitrogen and oxygen atoms in total. The third-order valence-corrected chi connectivity index (χ3v) is 7.56. The molecule has 1 atom stereocenters. The number of phenols is 1. The van der Waals surface area contributed by atoms with Crippen molar-refractivity contribution in [3.63, 3.8) is 0 Å². The molecule has 4 saturated carbocycles. The van der Waals surface area contributed by atoms with Crippen molar-refractivity contribution >= 4 is 34.5 Å². The lowest BCUT2D eigenvalue weighted by molar-refractivity contribution is -0.342. The molecule has 0 amide bonds. The molecule has 0 spiro atoms. The van der Waals surface area contributed by atoms with Crippen molar-refractivity contribution < 1.29 is 33.3 Å². The van der Waals surface area contributed by atoms with Gasteiger partial charge in [-0.3, -0.25) is 0 Å². The predicted molar refractivity (Wildman–Crippen MR) is 101 cm³/mol. The zero-order valence-corrected chi connectivity index (χ0v) is 17.2. The monoisotopic (exact) mass is 505 g/mol. The number of ether oxygens (including phenoxy) is 1. The molecule has 4 aliphatic carbocycles. The van der Waals surface area contributed by atoms with Crippen LogP contribution in [0.5, 0.6) is 5.75 Å². The number of phenolic OH excluding ortho intramolecular Hbond substituents is 1. The highest BCUT2D eigenvalue weighted by molar-refractivity contribution is 14.1. The maximum atomic E-state index is 14.7. The Kier molecular flexibility index (Phi) is 4.83. The first kappa shape index (κ1) is 19.8. The molecule has 0 aliphatic heterocycles. The molecule has 1 aromatic rings. The number of hydrogen-bond donors (Lipinski definition) is 1. The Hall–Kier alpha value is -1.45. The smallest absolute Gasteiger partial charge is 0.338 e. The topological polar surface area (TPSA) is 86.7 Å². The fraction of sp³-hybridized carbons (Fsp3) is 0.600. The number of benzene rings is 1. The highest BCUT2D eigenvalue weighted by Crippen LogP contribution is 2.63. The van der Waals surface area contributed by atoms with E-state index in [1.165, 1.54) is 12.1 Å².